The fraction of sp³-hybridized carbons (Fsp3) is 0. The predicted octanol–water partition coefficient (Wildman–Crippen LogP) is 2.78. The van der Waals surface area contributed by atoms with Crippen molar-refractivity contribution < 1.29 is 4.74 Å². The molecule has 1 heteroatoms. The van der Waals surface area contributed by atoms with Gasteiger partial charge in [-0.1, -0.05) is 30.3 Å². The first-order chi connectivity index (χ1) is 5.97. The van der Waals surface area contributed by atoms with Gasteiger partial charge in [0.1, 0.15) is 0 Å². The van der Waals surface area contributed by atoms with E-state index in [4.69, 9.17) is 4.74 Å². The number of rotatable bonds is 1. The molecule has 2 rings (SSSR count). The maximum Gasteiger partial charge on any atom is 0.0945 e. The third-order valence-electron chi connectivity index (χ3n) is 1.74. The van der Waals surface area contributed by atoms with E-state index in [1.165, 1.54) is 5.56 Å². The number of benzene rings is 1. The van der Waals surface area contributed by atoms with Crippen LogP contribution in [0, 0.1) is 6.42 Å². The fourth-order valence-electron chi connectivity index (χ4n) is 1.14. The minimum Gasteiger partial charge on any atom is -0.473 e. The SMILES string of the molecule is [CH]1C=COC=C1c1ccccc1. The summed E-state index contributed by atoms with van der Waals surface area (Å²) in [7, 11) is 0. The molecule has 0 saturated carbocycles. The van der Waals surface area contributed by atoms with Gasteiger partial charge in [-0.15, -0.1) is 0 Å². The van der Waals surface area contributed by atoms with Gasteiger partial charge in [-0.05, 0) is 11.6 Å². The van der Waals surface area contributed by atoms with Crippen molar-refractivity contribution in [3.8, 4) is 0 Å². The lowest BCUT2D eigenvalue weighted by atomic mass is 10.0. The largest absolute Gasteiger partial charge is 0.473 e. The smallest absolute Gasteiger partial charge is 0.0945 e. The van der Waals surface area contributed by atoms with Crippen molar-refractivity contribution in [1.82, 2.24) is 0 Å². The Bertz CT molecular complexity index is 309. The molecule has 12 heavy (non-hydrogen) atoms. The van der Waals surface area contributed by atoms with E-state index >= 15 is 0 Å². The maximum atomic E-state index is 5.06. The molecule has 0 N–H and O–H groups in total. The highest BCUT2D eigenvalue weighted by molar-refractivity contribution is 5.73. The molecule has 0 aromatic heterocycles. The van der Waals surface area contributed by atoms with Gasteiger partial charge in [0.2, 0.25) is 0 Å². The van der Waals surface area contributed by atoms with Gasteiger partial charge >= 0.3 is 0 Å². The van der Waals surface area contributed by atoms with Crippen LogP contribution in [-0.2, 0) is 4.74 Å². The molecule has 1 aliphatic rings. The van der Waals surface area contributed by atoms with E-state index in [0.717, 1.165) is 5.57 Å². The van der Waals surface area contributed by atoms with Crippen LogP contribution in [0.1, 0.15) is 5.56 Å². The summed E-state index contributed by atoms with van der Waals surface area (Å²) in [5.74, 6) is 0. The third-order valence-corrected chi connectivity index (χ3v) is 1.74. The average Bonchev–Trinajstić information content (AvgIpc) is 2.21. The van der Waals surface area contributed by atoms with Crippen molar-refractivity contribution in [2.75, 3.05) is 0 Å². The van der Waals surface area contributed by atoms with Gasteiger partial charge in [-0.25, -0.2) is 0 Å². The summed E-state index contributed by atoms with van der Waals surface area (Å²) >= 11 is 0. The van der Waals surface area contributed by atoms with Gasteiger partial charge in [0.15, 0.2) is 0 Å². The second-order valence-corrected chi connectivity index (χ2v) is 2.57. The van der Waals surface area contributed by atoms with Crippen molar-refractivity contribution >= 4 is 5.57 Å². The molecular weight excluding hydrogens is 148 g/mol. The molecule has 0 unspecified atom stereocenters. The van der Waals surface area contributed by atoms with Crippen molar-refractivity contribution in [2.24, 2.45) is 0 Å². The van der Waals surface area contributed by atoms with Crippen molar-refractivity contribution in [1.29, 1.82) is 0 Å². The number of allylic oxidation sites excluding steroid dienone is 2. The zero-order valence-electron chi connectivity index (χ0n) is 6.60. The summed E-state index contributed by atoms with van der Waals surface area (Å²) in [5.41, 5.74) is 2.29. The Hall–Kier alpha value is -1.50. The molecule has 0 spiro atoms. The summed E-state index contributed by atoms with van der Waals surface area (Å²) in [6.45, 7) is 0. The van der Waals surface area contributed by atoms with Gasteiger partial charge < -0.3 is 4.74 Å². The first-order valence-corrected chi connectivity index (χ1v) is 3.88. The monoisotopic (exact) mass is 157 g/mol. The summed E-state index contributed by atoms with van der Waals surface area (Å²) in [6.07, 6.45) is 7.32. The lowest BCUT2D eigenvalue weighted by molar-refractivity contribution is 0.401. The molecule has 1 aromatic rings. The summed E-state index contributed by atoms with van der Waals surface area (Å²) in [4.78, 5) is 0. The van der Waals surface area contributed by atoms with E-state index in [-0.39, 0.29) is 0 Å². The topological polar surface area (TPSA) is 9.23 Å². The van der Waals surface area contributed by atoms with Crippen LogP contribution in [-0.4, -0.2) is 0 Å². The molecule has 1 aliphatic heterocycles. The lowest BCUT2D eigenvalue weighted by Crippen LogP contribution is -1.88. The fourth-order valence-corrected chi connectivity index (χ4v) is 1.14. The molecule has 1 aromatic carbocycles. The lowest BCUT2D eigenvalue weighted by Gasteiger charge is -2.07. The first kappa shape index (κ1) is 7.17. The van der Waals surface area contributed by atoms with Crippen LogP contribution in [0.2, 0.25) is 0 Å². The molecule has 0 aliphatic carbocycles. The van der Waals surface area contributed by atoms with Crippen LogP contribution in [0.15, 0.2) is 48.9 Å². The Balaban J connectivity index is 2.26. The average molecular weight is 157 g/mol. The van der Waals surface area contributed by atoms with Crippen molar-refractivity contribution in [2.45, 2.75) is 0 Å². The van der Waals surface area contributed by atoms with Gasteiger partial charge in [0.05, 0.1) is 12.5 Å². The van der Waals surface area contributed by atoms with E-state index in [2.05, 4.69) is 12.1 Å². The van der Waals surface area contributed by atoms with Crippen LogP contribution in [0.3, 0.4) is 0 Å². The Morgan fingerprint density at radius 2 is 1.83 bits per heavy atom. The highest BCUT2D eigenvalue weighted by Crippen LogP contribution is 2.19. The molecule has 1 heterocycles. The quantitative estimate of drug-likeness (QED) is 0.609. The third kappa shape index (κ3) is 1.40. The molecular formula is C11H9O. The van der Waals surface area contributed by atoms with Crippen LogP contribution < -0.4 is 0 Å². The standard InChI is InChI=1S/C11H9O/c1-2-5-10(6-3-1)11-7-4-8-12-9-11/h1-9H. The molecule has 1 radical (unpaired) electrons. The van der Waals surface area contributed by atoms with E-state index in [1.54, 1.807) is 12.5 Å². The Morgan fingerprint density at radius 1 is 1.00 bits per heavy atom. The normalized spacial score (nSPS) is 15.2. The Kier molecular flexibility index (Phi) is 1.95. The van der Waals surface area contributed by atoms with E-state index in [9.17, 15) is 0 Å². The molecule has 0 fully saturated rings. The maximum absolute atomic E-state index is 5.06. The minimum atomic E-state index is 1.11. The second-order valence-electron chi connectivity index (χ2n) is 2.57. The minimum absolute atomic E-state index is 1.11. The van der Waals surface area contributed by atoms with Crippen molar-refractivity contribution in [3.05, 3.63) is 60.9 Å². The molecule has 59 valence electrons. The van der Waals surface area contributed by atoms with Crippen LogP contribution >= 0.6 is 0 Å². The predicted molar refractivity (Wildman–Crippen MR) is 48.9 cm³/mol. The van der Waals surface area contributed by atoms with E-state index < -0.39 is 0 Å². The summed E-state index contributed by atoms with van der Waals surface area (Å²) in [5, 5.41) is 0. The second kappa shape index (κ2) is 3.26. The van der Waals surface area contributed by atoms with Gasteiger partial charge in [-0.2, -0.15) is 0 Å². The van der Waals surface area contributed by atoms with Crippen LogP contribution in [0.25, 0.3) is 5.57 Å². The van der Waals surface area contributed by atoms with Crippen molar-refractivity contribution in [3.63, 3.8) is 0 Å². The summed E-state index contributed by atoms with van der Waals surface area (Å²) in [6, 6.07) is 10.2. The van der Waals surface area contributed by atoms with Crippen LogP contribution in [0.4, 0.5) is 0 Å². The Labute approximate surface area is 72.0 Å². The summed E-state index contributed by atoms with van der Waals surface area (Å²) < 4.78 is 5.06. The molecule has 0 amide bonds. The van der Waals surface area contributed by atoms with Gasteiger partial charge in [0.25, 0.3) is 0 Å². The first-order valence-electron chi connectivity index (χ1n) is 3.88. The number of ether oxygens (including phenoxy) is 1. The number of hydrogen-bond donors (Lipinski definition) is 0. The zero-order chi connectivity index (χ0) is 8.23. The van der Waals surface area contributed by atoms with Gasteiger partial charge in [-0.3, -0.25) is 0 Å². The molecule has 0 bridgehead atoms. The molecule has 1 nitrogen and oxygen atoms in total. The highest BCUT2D eigenvalue weighted by atomic mass is 16.5. The van der Waals surface area contributed by atoms with E-state index in [1.807, 2.05) is 30.7 Å². The number of hydrogen-bond acceptors (Lipinski definition) is 1. The van der Waals surface area contributed by atoms with Crippen LogP contribution in [0.5, 0.6) is 0 Å². The zero-order valence-corrected chi connectivity index (χ0v) is 6.60. The van der Waals surface area contributed by atoms with Gasteiger partial charge in [0, 0.05) is 12.0 Å². The Morgan fingerprint density at radius 3 is 2.50 bits per heavy atom. The van der Waals surface area contributed by atoms with E-state index in [0.29, 0.717) is 0 Å². The molecule has 0 saturated heterocycles. The molecule has 0 atom stereocenters. The highest BCUT2D eigenvalue weighted by Gasteiger charge is 2.01.